The topological polar surface area (TPSA) is 47.6 Å². The van der Waals surface area contributed by atoms with Crippen molar-refractivity contribution in [2.45, 2.75) is 5.92 Å². The average molecular weight is 237 g/mol. The average Bonchev–Trinajstić information content (AvgIpc) is 2.39. The van der Waals surface area contributed by atoms with Gasteiger partial charge in [-0.15, -0.1) is 0 Å². The zero-order valence-electron chi connectivity index (χ0n) is 10.3. The van der Waals surface area contributed by atoms with Gasteiger partial charge < -0.3 is 14.8 Å². The zero-order chi connectivity index (χ0) is 12.5. The number of hydrogen-bond donors (Lipinski definition) is 1. The number of carbonyl (C=O) groups excluding carboxylic acids is 1. The Balaban J connectivity index is 2.59. The molecule has 1 aromatic carbocycles. The molecule has 1 N–H and O–H groups in total. The second kappa shape index (κ2) is 7.81. The van der Waals surface area contributed by atoms with Crippen LogP contribution in [0, 0.1) is 0 Å². The molecule has 1 atom stereocenters. The molecule has 17 heavy (non-hydrogen) atoms. The maximum absolute atomic E-state index is 11.7. The first kappa shape index (κ1) is 13.7. The molecule has 0 radical (unpaired) electrons. The first-order valence-electron chi connectivity index (χ1n) is 5.62. The highest BCUT2D eigenvalue weighted by Gasteiger charge is 2.20. The van der Waals surface area contributed by atoms with Crippen molar-refractivity contribution in [2.24, 2.45) is 0 Å². The molecule has 4 heteroatoms. The highest BCUT2D eigenvalue weighted by molar-refractivity contribution is 5.78. The number of nitrogens with one attached hydrogen (secondary N) is 1. The van der Waals surface area contributed by atoms with E-state index in [0.717, 1.165) is 12.1 Å². The molecule has 0 saturated carbocycles. The minimum Gasteiger partial charge on any atom is -0.469 e. The summed E-state index contributed by atoms with van der Waals surface area (Å²) in [6, 6.07) is 9.62. The number of ether oxygens (including phenoxy) is 2. The van der Waals surface area contributed by atoms with Crippen LogP contribution in [0.15, 0.2) is 30.3 Å². The highest BCUT2D eigenvalue weighted by atomic mass is 16.5. The smallest absolute Gasteiger partial charge is 0.314 e. The van der Waals surface area contributed by atoms with Gasteiger partial charge in [-0.1, -0.05) is 30.3 Å². The SMILES string of the molecule is COCCNCC(C(=O)OC)c1ccccc1. The maximum Gasteiger partial charge on any atom is 0.314 e. The third kappa shape index (κ3) is 4.54. The van der Waals surface area contributed by atoms with Gasteiger partial charge in [-0.2, -0.15) is 0 Å². The summed E-state index contributed by atoms with van der Waals surface area (Å²) in [4.78, 5) is 11.7. The number of carbonyl (C=O) groups is 1. The van der Waals surface area contributed by atoms with E-state index in [4.69, 9.17) is 9.47 Å². The van der Waals surface area contributed by atoms with Gasteiger partial charge in [-0.25, -0.2) is 0 Å². The molecule has 0 fully saturated rings. The van der Waals surface area contributed by atoms with E-state index in [1.807, 2.05) is 30.3 Å². The van der Waals surface area contributed by atoms with Gasteiger partial charge in [0.25, 0.3) is 0 Å². The molecule has 0 spiro atoms. The fourth-order valence-corrected chi connectivity index (χ4v) is 1.59. The number of benzene rings is 1. The minimum atomic E-state index is -0.266. The molecular formula is C13H19NO3. The van der Waals surface area contributed by atoms with Crippen molar-refractivity contribution in [1.29, 1.82) is 0 Å². The van der Waals surface area contributed by atoms with Crippen LogP contribution in [0.1, 0.15) is 11.5 Å². The van der Waals surface area contributed by atoms with Crippen molar-refractivity contribution in [3.8, 4) is 0 Å². The molecule has 0 aromatic heterocycles. The molecule has 1 rings (SSSR count). The standard InChI is InChI=1S/C13H19NO3/c1-16-9-8-14-10-12(13(15)17-2)11-6-4-3-5-7-11/h3-7,12,14H,8-10H2,1-2H3. The van der Waals surface area contributed by atoms with Crippen molar-refractivity contribution in [3.63, 3.8) is 0 Å². The van der Waals surface area contributed by atoms with Gasteiger partial charge in [0, 0.05) is 20.2 Å². The Morgan fingerprint density at radius 3 is 2.59 bits per heavy atom. The van der Waals surface area contributed by atoms with Crippen LogP contribution in [0.5, 0.6) is 0 Å². The van der Waals surface area contributed by atoms with Gasteiger partial charge in [0.15, 0.2) is 0 Å². The predicted molar refractivity (Wildman–Crippen MR) is 65.9 cm³/mol. The van der Waals surface area contributed by atoms with E-state index in [9.17, 15) is 4.79 Å². The molecule has 1 unspecified atom stereocenters. The van der Waals surface area contributed by atoms with Crippen LogP contribution in [0.25, 0.3) is 0 Å². The summed E-state index contributed by atoms with van der Waals surface area (Å²) in [5.74, 6) is -0.487. The second-order valence-electron chi connectivity index (χ2n) is 3.68. The Morgan fingerprint density at radius 1 is 1.29 bits per heavy atom. The van der Waals surface area contributed by atoms with Crippen molar-refractivity contribution >= 4 is 5.97 Å². The lowest BCUT2D eigenvalue weighted by Gasteiger charge is -2.15. The molecule has 1 aromatic rings. The van der Waals surface area contributed by atoms with Gasteiger partial charge in [-0.3, -0.25) is 4.79 Å². The van der Waals surface area contributed by atoms with Crippen LogP contribution in [-0.4, -0.2) is 39.9 Å². The Bertz CT molecular complexity index is 327. The minimum absolute atomic E-state index is 0.221. The summed E-state index contributed by atoms with van der Waals surface area (Å²) in [6.45, 7) is 1.90. The van der Waals surface area contributed by atoms with Crippen LogP contribution >= 0.6 is 0 Å². The molecule has 0 amide bonds. The van der Waals surface area contributed by atoms with Gasteiger partial charge in [0.2, 0.25) is 0 Å². The second-order valence-corrected chi connectivity index (χ2v) is 3.68. The normalized spacial score (nSPS) is 12.1. The molecule has 0 heterocycles. The molecule has 0 aliphatic heterocycles. The summed E-state index contributed by atoms with van der Waals surface area (Å²) in [5.41, 5.74) is 0.962. The largest absolute Gasteiger partial charge is 0.469 e. The molecule has 0 saturated heterocycles. The van der Waals surface area contributed by atoms with E-state index in [1.54, 1.807) is 7.11 Å². The number of esters is 1. The van der Waals surface area contributed by atoms with E-state index in [2.05, 4.69) is 5.32 Å². The predicted octanol–water partition coefficient (Wildman–Crippen LogP) is 1.18. The monoisotopic (exact) mass is 237 g/mol. The quantitative estimate of drug-likeness (QED) is 0.571. The lowest BCUT2D eigenvalue weighted by molar-refractivity contribution is -0.142. The number of methoxy groups -OCH3 is 2. The first-order valence-corrected chi connectivity index (χ1v) is 5.62. The van der Waals surface area contributed by atoms with Crippen molar-refractivity contribution in [3.05, 3.63) is 35.9 Å². The zero-order valence-corrected chi connectivity index (χ0v) is 10.3. The fraction of sp³-hybridized carbons (Fsp3) is 0.462. The van der Waals surface area contributed by atoms with E-state index in [0.29, 0.717) is 13.2 Å². The molecule has 4 nitrogen and oxygen atoms in total. The summed E-state index contributed by atoms with van der Waals surface area (Å²) in [6.07, 6.45) is 0. The summed E-state index contributed by atoms with van der Waals surface area (Å²) in [7, 11) is 3.06. The highest BCUT2D eigenvalue weighted by Crippen LogP contribution is 2.15. The van der Waals surface area contributed by atoms with Crippen molar-refractivity contribution in [2.75, 3.05) is 33.9 Å². The Morgan fingerprint density at radius 2 is 2.00 bits per heavy atom. The Hall–Kier alpha value is -1.39. The fourth-order valence-electron chi connectivity index (χ4n) is 1.59. The third-order valence-corrected chi connectivity index (χ3v) is 2.52. The summed E-state index contributed by atoms with van der Waals surface area (Å²) in [5, 5.41) is 3.17. The third-order valence-electron chi connectivity index (χ3n) is 2.52. The molecule has 0 aliphatic rings. The summed E-state index contributed by atoms with van der Waals surface area (Å²) < 4.78 is 9.75. The number of hydrogen-bond acceptors (Lipinski definition) is 4. The number of rotatable bonds is 7. The molecule has 0 aliphatic carbocycles. The van der Waals surface area contributed by atoms with Crippen molar-refractivity contribution in [1.82, 2.24) is 5.32 Å². The van der Waals surface area contributed by atoms with E-state index in [1.165, 1.54) is 7.11 Å². The van der Waals surface area contributed by atoms with Gasteiger partial charge in [-0.05, 0) is 5.56 Å². The van der Waals surface area contributed by atoms with Gasteiger partial charge in [0.1, 0.15) is 0 Å². The van der Waals surface area contributed by atoms with E-state index >= 15 is 0 Å². The van der Waals surface area contributed by atoms with Gasteiger partial charge >= 0.3 is 5.97 Å². The lowest BCUT2D eigenvalue weighted by Crippen LogP contribution is -2.29. The van der Waals surface area contributed by atoms with Crippen LogP contribution in [0.3, 0.4) is 0 Å². The van der Waals surface area contributed by atoms with Crippen LogP contribution < -0.4 is 5.32 Å². The van der Waals surface area contributed by atoms with Gasteiger partial charge in [0.05, 0.1) is 19.6 Å². The molecule has 94 valence electrons. The Labute approximate surface area is 102 Å². The lowest BCUT2D eigenvalue weighted by atomic mass is 9.99. The van der Waals surface area contributed by atoms with E-state index < -0.39 is 0 Å². The van der Waals surface area contributed by atoms with Crippen LogP contribution in [0.2, 0.25) is 0 Å². The summed E-state index contributed by atoms with van der Waals surface area (Å²) >= 11 is 0. The maximum atomic E-state index is 11.7. The molecule has 0 bridgehead atoms. The Kier molecular flexibility index (Phi) is 6.29. The van der Waals surface area contributed by atoms with Crippen molar-refractivity contribution < 1.29 is 14.3 Å². The van der Waals surface area contributed by atoms with Crippen LogP contribution in [-0.2, 0) is 14.3 Å². The van der Waals surface area contributed by atoms with Crippen LogP contribution in [0.4, 0.5) is 0 Å². The molecular weight excluding hydrogens is 218 g/mol. The van der Waals surface area contributed by atoms with E-state index in [-0.39, 0.29) is 11.9 Å². The first-order chi connectivity index (χ1) is 8.29.